The van der Waals surface area contributed by atoms with Crippen molar-refractivity contribution in [1.29, 1.82) is 0 Å². The van der Waals surface area contributed by atoms with Crippen LogP contribution in [-0.2, 0) is 28.0 Å². The first-order valence-corrected chi connectivity index (χ1v) is 10.1. The Kier molecular flexibility index (Phi) is 4.99. The molecule has 2 N–H and O–H groups in total. The zero-order valence-electron chi connectivity index (χ0n) is 17.5. The Labute approximate surface area is 189 Å². The van der Waals surface area contributed by atoms with Gasteiger partial charge in [-0.2, -0.15) is 13.2 Å². The molecule has 34 heavy (non-hydrogen) atoms. The molecule has 1 aliphatic carbocycles. The van der Waals surface area contributed by atoms with Gasteiger partial charge in [0, 0.05) is 16.7 Å². The largest absolute Gasteiger partial charge is 0.465 e. The molecule has 11 heteroatoms. The Balaban J connectivity index is 1.65. The first kappa shape index (κ1) is 22.1. The predicted octanol–water partition coefficient (Wildman–Crippen LogP) is 4.32. The molecular formula is C23H16F4N2O5. The second-order valence-electron chi connectivity index (χ2n) is 7.78. The van der Waals surface area contributed by atoms with E-state index in [0.29, 0.717) is 5.56 Å². The molecule has 0 radical (unpaired) electrons. The van der Waals surface area contributed by atoms with Gasteiger partial charge in [0.2, 0.25) is 5.76 Å². The molecule has 3 aromatic rings. The molecule has 0 saturated heterocycles. The first-order chi connectivity index (χ1) is 16.1. The maximum Gasteiger partial charge on any atom is 0.422 e. The number of aryl methyl sites for hydroxylation is 1. The molecule has 1 unspecified atom stereocenters. The second kappa shape index (κ2) is 7.67. The Bertz CT molecular complexity index is 1330. The van der Waals surface area contributed by atoms with E-state index in [0.717, 1.165) is 13.2 Å². The van der Waals surface area contributed by atoms with Crippen molar-refractivity contribution in [1.82, 2.24) is 10.6 Å². The van der Waals surface area contributed by atoms with E-state index in [1.165, 1.54) is 18.2 Å². The van der Waals surface area contributed by atoms with Gasteiger partial charge in [-0.25, -0.2) is 14.0 Å². The Morgan fingerprint density at radius 2 is 1.94 bits per heavy atom. The molecule has 0 amide bonds. The van der Waals surface area contributed by atoms with Crippen LogP contribution in [0.4, 0.5) is 17.6 Å². The predicted molar refractivity (Wildman–Crippen MR) is 108 cm³/mol. The third-order valence-electron chi connectivity index (χ3n) is 5.85. The molecule has 176 valence electrons. The summed E-state index contributed by atoms with van der Waals surface area (Å²) in [6.45, 7) is 0. The molecule has 0 fully saturated rings. The van der Waals surface area contributed by atoms with Gasteiger partial charge in [0.05, 0.1) is 18.4 Å². The number of benzene rings is 2. The number of aliphatic hydroxyl groups is 1. The van der Waals surface area contributed by atoms with Crippen molar-refractivity contribution in [3.8, 4) is 11.3 Å². The number of aromatic nitrogens is 1. The number of hydroxylamine groups is 1. The zero-order chi connectivity index (χ0) is 24.3. The number of esters is 1. The van der Waals surface area contributed by atoms with E-state index in [1.54, 1.807) is 18.2 Å². The highest BCUT2D eigenvalue weighted by molar-refractivity contribution is 5.91. The Morgan fingerprint density at radius 3 is 2.62 bits per heavy atom. The molecule has 0 saturated carbocycles. The van der Waals surface area contributed by atoms with E-state index in [4.69, 9.17) is 9.36 Å². The number of rotatable bonds is 3. The summed E-state index contributed by atoms with van der Waals surface area (Å²) in [6, 6.07) is 9.93. The van der Waals surface area contributed by atoms with Crippen LogP contribution in [0.3, 0.4) is 0 Å². The van der Waals surface area contributed by atoms with Crippen molar-refractivity contribution in [3.63, 3.8) is 0 Å². The molecule has 2 aliphatic rings. The third-order valence-corrected chi connectivity index (χ3v) is 5.85. The number of hydrogen-bond acceptors (Lipinski definition) is 7. The number of ether oxygens (including phenoxy) is 1. The molecule has 2 heterocycles. The minimum absolute atomic E-state index is 0.0199. The molecule has 0 spiro atoms. The van der Waals surface area contributed by atoms with E-state index in [1.807, 2.05) is 0 Å². The van der Waals surface area contributed by atoms with Crippen molar-refractivity contribution in [2.75, 3.05) is 7.11 Å². The number of carbonyl (C=O) groups is 1. The molecule has 5 rings (SSSR count). The van der Waals surface area contributed by atoms with Crippen molar-refractivity contribution < 1.29 is 41.6 Å². The highest BCUT2D eigenvalue weighted by Gasteiger charge is 2.54. The number of fused-ring (bicyclic) bond motifs is 2. The zero-order valence-corrected chi connectivity index (χ0v) is 17.5. The van der Waals surface area contributed by atoms with Crippen molar-refractivity contribution >= 4 is 11.7 Å². The van der Waals surface area contributed by atoms with Crippen LogP contribution in [0.15, 0.2) is 52.6 Å². The average Bonchev–Trinajstić information content (AvgIpc) is 3.42. The minimum Gasteiger partial charge on any atom is -0.465 e. The monoisotopic (exact) mass is 476 g/mol. The summed E-state index contributed by atoms with van der Waals surface area (Å²) >= 11 is 0. The van der Waals surface area contributed by atoms with Gasteiger partial charge >= 0.3 is 12.1 Å². The average molecular weight is 476 g/mol. The summed E-state index contributed by atoms with van der Waals surface area (Å²) in [7, 11) is 1.12. The van der Waals surface area contributed by atoms with E-state index in [-0.39, 0.29) is 40.8 Å². The molecule has 7 nitrogen and oxygen atoms in total. The Hall–Kier alpha value is -3.70. The van der Waals surface area contributed by atoms with Crippen LogP contribution in [0.1, 0.15) is 39.2 Å². The van der Waals surface area contributed by atoms with Gasteiger partial charge in [0.1, 0.15) is 17.1 Å². The number of nitrogens with zero attached hydrogens (tertiary/aromatic N) is 1. The molecule has 1 atom stereocenters. The normalized spacial score (nSPS) is 19.5. The van der Waals surface area contributed by atoms with Gasteiger partial charge in [0.15, 0.2) is 0 Å². The quantitative estimate of drug-likeness (QED) is 0.430. The number of carbonyl (C=O) groups excluding carboxylic acids is 1. The van der Waals surface area contributed by atoms with E-state index < -0.39 is 40.8 Å². The number of hydrogen-bond donors (Lipinski definition) is 2. The lowest BCUT2D eigenvalue weighted by Crippen LogP contribution is -2.32. The van der Waals surface area contributed by atoms with E-state index in [2.05, 4.69) is 15.4 Å². The maximum atomic E-state index is 14.6. The highest BCUT2D eigenvalue weighted by Crippen LogP contribution is 2.50. The Morgan fingerprint density at radius 1 is 1.21 bits per heavy atom. The number of methoxy groups -OCH3 is 1. The molecule has 0 bridgehead atoms. The summed E-state index contributed by atoms with van der Waals surface area (Å²) in [5.74, 6) is -5.34. The lowest BCUT2D eigenvalue weighted by Gasteiger charge is -2.25. The first-order valence-electron chi connectivity index (χ1n) is 10.1. The van der Waals surface area contributed by atoms with Crippen LogP contribution in [0.5, 0.6) is 0 Å². The number of halogens is 4. The van der Waals surface area contributed by atoms with E-state index >= 15 is 0 Å². The molecule has 1 aliphatic heterocycles. The summed E-state index contributed by atoms with van der Waals surface area (Å²) in [5, 5.41) is 14.9. The molecule has 2 aromatic carbocycles. The highest BCUT2D eigenvalue weighted by atomic mass is 19.4. The standard InChI is InChI=1S/C23H16F4N2O5/c1-32-21(30)14-9-12-7-8-15-19(13(12)10-16(14)24)29-34-22(15,31)20-17(23(25,26)27)18(28-33-20)11-5-3-2-4-6-11/h2-6,9-10,29,31H,7-8H2,1H3. The summed E-state index contributed by atoms with van der Waals surface area (Å²) in [6.07, 6.45) is -4.71. The lowest BCUT2D eigenvalue weighted by atomic mass is 9.84. The van der Waals surface area contributed by atoms with Crippen LogP contribution in [0.25, 0.3) is 17.0 Å². The van der Waals surface area contributed by atoms with Crippen LogP contribution >= 0.6 is 0 Å². The smallest absolute Gasteiger partial charge is 0.422 e. The number of nitrogens with one attached hydrogen (secondary N) is 1. The molecular weight excluding hydrogens is 460 g/mol. The minimum atomic E-state index is -4.93. The van der Waals surface area contributed by atoms with Crippen molar-refractivity contribution in [3.05, 3.63) is 81.9 Å². The van der Waals surface area contributed by atoms with Gasteiger partial charge < -0.3 is 14.4 Å². The second-order valence-corrected chi connectivity index (χ2v) is 7.78. The van der Waals surface area contributed by atoms with Crippen molar-refractivity contribution in [2.24, 2.45) is 0 Å². The van der Waals surface area contributed by atoms with Gasteiger partial charge in [0.25, 0.3) is 5.79 Å². The molecule has 1 aromatic heterocycles. The third kappa shape index (κ3) is 3.27. The van der Waals surface area contributed by atoms with Crippen LogP contribution in [-0.4, -0.2) is 23.3 Å². The summed E-state index contributed by atoms with van der Waals surface area (Å²) in [5.41, 5.74) is 1.36. The summed E-state index contributed by atoms with van der Waals surface area (Å²) < 4.78 is 66.5. The topological polar surface area (TPSA) is 93.8 Å². The fraction of sp³-hybridized carbons (Fsp3) is 0.217. The van der Waals surface area contributed by atoms with Crippen LogP contribution in [0.2, 0.25) is 0 Å². The summed E-state index contributed by atoms with van der Waals surface area (Å²) in [4.78, 5) is 17.0. The van der Waals surface area contributed by atoms with Crippen molar-refractivity contribution in [2.45, 2.75) is 24.8 Å². The van der Waals surface area contributed by atoms with Gasteiger partial charge in [-0.15, -0.1) is 0 Å². The van der Waals surface area contributed by atoms with Gasteiger partial charge in [-0.3, -0.25) is 5.48 Å². The van der Waals surface area contributed by atoms with Crippen LogP contribution < -0.4 is 5.48 Å². The SMILES string of the molecule is COC(=O)c1cc2c(cc1F)C1=C(CC2)C(O)(c2onc(-c3ccccc3)c2C(F)(F)F)ON1. The van der Waals surface area contributed by atoms with E-state index in [9.17, 15) is 27.5 Å². The fourth-order valence-corrected chi connectivity index (χ4v) is 4.27. The lowest BCUT2D eigenvalue weighted by molar-refractivity contribution is -0.214. The van der Waals surface area contributed by atoms with Crippen LogP contribution in [0, 0.1) is 5.82 Å². The fourth-order valence-electron chi connectivity index (χ4n) is 4.27. The van der Waals surface area contributed by atoms with Gasteiger partial charge in [-0.1, -0.05) is 35.5 Å². The number of alkyl halides is 3. The van der Waals surface area contributed by atoms with Gasteiger partial charge in [-0.05, 0) is 30.5 Å². The maximum absolute atomic E-state index is 14.6.